The largest absolute Gasteiger partial charge is 0.341 e. The van der Waals surface area contributed by atoms with Crippen molar-refractivity contribution in [3.63, 3.8) is 0 Å². The predicted octanol–water partition coefficient (Wildman–Crippen LogP) is 3.93. The molecule has 0 bridgehead atoms. The number of hydrogen-bond donors (Lipinski definition) is 0. The highest BCUT2D eigenvalue weighted by Gasteiger charge is 2.30. The maximum absolute atomic E-state index is 13.6. The number of carbonyl (C=O) groups excluding carboxylic acids is 1. The van der Waals surface area contributed by atoms with Crippen LogP contribution >= 0.6 is 11.6 Å². The molecule has 1 amide bonds. The van der Waals surface area contributed by atoms with Crippen molar-refractivity contribution in [2.45, 2.75) is 24.7 Å². The van der Waals surface area contributed by atoms with Crippen LogP contribution in [-0.4, -0.2) is 38.9 Å². The Labute approximate surface area is 169 Å². The number of nitrogens with zero attached hydrogens (tertiary/aromatic N) is 2. The molecule has 0 spiro atoms. The highest BCUT2D eigenvalue weighted by molar-refractivity contribution is 7.92. The Bertz CT molecular complexity index is 953. The molecule has 1 saturated heterocycles. The Morgan fingerprint density at radius 3 is 2.61 bits per heavy atom. The van der Waals surface area contributed by atoms with Crippen LogP contribution in [0.25, 0.3) is 0 Å². The zero-order valence-corrected chi connectivity index (χ0v) is 17.1. The molecular weight excluding hydrogens is 403 g/mol. The van der Waals surface area contributed by atoms with Gasteiger partial charge < -0.3 is 4.90 Å². The fraction of sp³-hybridized carbons (Fsp3) is 0.350. The molecule has 28 heavy (non-hydrogen) atoms. The van der Waals surface area contributed by atoms with Crippen LogP contribution in [0.5, 0.6) is 0 Å². The zero-order chi connectivity index (χ0) is 20.3. The highest BCUT2D eigenvalue weighted by atomic mass is 35.5. The number of carbonyl (C=O) groups is 1. The maximum Gasteiger partial charge on any atom is 0.264 e. The van der Waals surface area contributed by atoms with Gasteiger partial charge in [0.25, 0.3) is 10.0 Å². The van der Waals surface area contributed by atoms with Gasteiger partial charge in [0.1, 0.15) is 12.4 Å². The molecule has 1 atom stereocenters. The van der Waals surface area contributed by atoms with Gasteiger partial charge in [-0.05, 0) is 49.1 Å². The minimum absolute atomic E-state index is 0.0512. The van der Waals surface area contributed by atoms with Crippen LogP contribution in [0, 0.1) is 11.7 Å². The first-order valence-corrected chi connectivity index (χ1v) is 10.9. The lowest BCUT2D eigenvalue weighted by Crippen LogP contribution is -2.46. The Morgan fingerprint density at radius 1 is 1.25 bits per heavy atom. The van der Waals surface area contributed by atoms with Crippen molar-refractivity contribution in [2.75, 3.05) is 23.9 Å². The summed E-state index contributed by atoms with van der Waals surface area (Å²) in [5.41, 5.74) is 0.147. The summed E-state index contributed by atoms with van der Waals surface area (Å²) < 4.78 is 41.1. The fourth-order valence-electron chi connectivity index (χ4n) is 3.31. The molecule has 0 saturated carbocycles. The summed E-state index contributed by atoms with van der Waals surface area (Å²) >= 11 is 5.87. The van der Waals surface area contributed by atoms with E-state index in [1.54, 1.807) is 23.1 Å². The SMILES string of the molecule is C[C@@H]1CCCN(C(=O)CN(c2ccc(F)c(Cl)c2)S(=O)(=O)c2ccccc2)C1. The summed E-state index contributed by atoms with van der Waals surface area (Å²) in [5, 5.41) is -0.204. The second-order valence-corrected chi connectivity index (χ2v) is 9.28. The first kappa shape index (κ1) is 20.6. The molecule has 1 aliphatic heterocycles. The number of rotatable bonds is 5. The predicted molar refractivity (Wildman–Crippen MR) is 107 cm³/mol. The van der Waals surface area contributed by atoms with Gasteiger partial charge in [0.2, 0.25) is 5.91 Å². The van der Waals surface area contributed by atoms with E-state index in [-0.39, 0.29) is 28.1 Å². The Balaban J connectivity index is 1.97. The zero-order valence-electron chi connectivity index (χ0n) is 15.5. The molecule has 2 aromatic rings. The third-order valence-corrected chi connectivity index (χ3v) is 6.89. The number of piperidine rings is 1. The minimum Gasteiger partial charge on any atom is -0.341 e. The summed E-state index contributed by atoms with van der Waals surface area (Å²) in [7, 11) is -4.03. The van der Waals surface area contributed by atoms with E-state index >= 15 is 0 Å². The Morgan fingerprint density at radius 2 is 1.96 bits per heavy atom. The lowest BCUT2D eigenvalue weighted by atomic mass is 10.0. The van der Waals surface area contributed by atoms with Crippen LogP contribution in [0.2, 0.25) is 5.02 Å². The van der Waals surface area contributed by atoms with Gasteiger partial charge in [0.05, 0.1) is 15.6 Å². The summed E-state index contributed by atoms with van der Waals surface area (Å²) in [5.74, 6) is -0.567. The average molecular weight is 425 g/mol. The van der Waals surface area contributed by atoms with E-state index in [0.29, 0.717) is 19.0 Å². The van der Waals surface area contributed by atoms with Crippen molar-refractivity contribution in [3.8, 4) is 0 Å². The van der Waals surface area contributed by atoms with Gasteiger partial charge in [-0.15, -0.1) is 0 Å². The van der Waals surface area contributed by atoms with Crippen LogP contribution in [0.15, 0.2) is 53.4 Å². The molecule has 1 aliphatic rings. The van der Waals surface area contributed by atoms with Crippen molar-refractivity contribution in [3.05, 3.63) is 59.4 Å². The number of halogens is 2. The number of sulfonamides is 1. The molecule has 1 fully saturated rings. The van der Waals surface area contributed by atoms with Crippen LogP contribution in [0.1, 0.15) is 19.8 Å². The van der Waals surface area contributed by atoms with Gasteiger partial charge in [0.15, 0.2) is 0 Å². The van der Waals surface area contributed by atoms with Crippen molar-refractivity contribution in [1.29, 1.82) is 0 Å². The highest BCUT2D eigenvalue weighted by Crippen LogP contribution is 2.28. The van der Waals surface area contributed by atoms with Crippen LogP contribution < -0.4 is 4.31 Å². The van der Waals surface area contributed by atoms with Gasteiger partial charge in [-0.1, -0.05) is 36.7 Å². The first-order valence-electron chi connectivity index (χ1n) is 9.09. The van der Waals surface area contributed by atoms with Crippen molar-refractivity contribution in [1.82, 2.24) is 4.90 Å². The Kier molecular flexibility index (Phi) is 6.25. The fourth-order valence-corrected chi connectivity index (χ4v) is 4.92. The van der Waals surface area contributed by atoms with E-state index in [9.17, 15) is 17.6 Å². The lowest BCUT2D eigenvalue weighted by molar-refractivity contribution is -0.131. The molecule has 3 rings (SSSR count). The number of amides is 1. The molecule has 150 valence electrons. The van der Waals surface area contributed by atoms with Gasteiger partial charge >= 0.3 is 0 Å². The van der Waals surface area contributed by atoms with Crippen LogP contribution in [0.3, 0.4) is 0 Å². The second-order valence-electron chi connectivity index (χ2n) is 7.01. The third kappa shape index (κ3) is 4.47. The lowest BCUT2D eigenvalue weighted by Gasteiger charge is -2.33. The van der Waals surface area contributed by atoms with Crippen molar-refractivity contribution < 1.29 is 17.6 Å². The molecule has 0 radical (unpaired) electrons. The standard InChI is InChI=1S/C20H22ClFN2O3S/c1-15-6-5-11-23(13-15)20(25)14-24(16-9-10-19(22)18(21)12-16)28(26,27)17-7-3-2-4-8-17/h2-4,7-10,12,15H,5-6,11,13-14H2,1H3/t15-/m1/s1. The molecule has 0 unspecified atom stereocenters. The van der Waals surface area contributed by atoms with Crippen molar-refractivity contribution in [2.24, 2.45) is 5.92 Å². The molecule has 0 N–H and O–H groups in total. The molecule has 1 heterocycles. The monoisotopic (exact) mass is 424 g/mol. The molecule has 5 nitrogen and oxygen atoms in total. The summed E-state index contributed by atoms with van der Waals surface area (Å²) in [4.78, 5) is 14.6. The van der Waals surface area contributed by atoms with E-state index in [1.807, 2.05) is 0 Å². The van der Waals surface area contributed by atoms with E-state index in [0.717, 1.165) is 23.2 Å². The number of hydrogen-bond acceptors (Lipinski definition) is 3. The van der Waals surface area contributed by atoms with E-state index in [1.165, 1.54) is 24.3 Å². The van der Waals surface area contributed by atoms with E-state index < -0.39 is 15.8 Å². The average Bonchev–Trinajstić information content (AvgIpc) is 2.68. The number of likely N-dealkylation sites (tertiary alicyclic amines) is 1. The van der Waals surface area contributed by atoms with E-state index in [4.69, 9.17) is 11.6 Å². The van der Waals surface area contributed by atoms with Crippen molar-refractivity contribution >= 4 is 33.2 Å². The van der Waals surface area contributed by atoms with Gasteiger partial charge in [-0.25, -0.2) is 12.8 Å². The first-order chi connectivity index (χ1) is 13.3. The Hall–Kier alpha value is -2.12. The third-order valence-electron chi connectivity index (χ3n) is 4.81. The van der Waals surface area contributed by atoms with Gasteiger partial charge in [-0.2, -0.15) is 0 Å². The summed E-state index contributed by atoms with van der Waals surface area (Å²) in [6.45, 7) is 2.90. The summed E-state index contributed by atoms with van der Waals surface area (Å²) in [6.07, 6.45) is 1.93. The number of benzene rings is 2. The molecule has 8 heteroatoms. The van der Waals surface area contributed by atoms with Gasteiger partial charge in [0, 0.05) is 13.1 Å². The van der Waals surface area contributed by atoms with E-state index in [2.05, 4.69) is 6.92 Å². The molecule has 2 aromatic carbocycles. The maximum atomic E-state index is 13.6. The quantitative estimate of drug-likeness (QED) is 0.730. The van der Waals surface area contributed by atoms with Crippen LogP contribution in [0.4, 0.5) is 10.1 Å². The minimum atomic E-state index is -4.03. The number of anilines is 1. The normalized spacial score (nSPS) is 17.4. The topological polar surface area (TPSA) is 57.7 Å². The van der Waals surface area contributed by atoms with Crippen LogP contribution in [-0.2, 0) is 14.8 Å². The summed E-state index contributed by atoms with van der Waals surface area (Å²) in [6, 6.07) is 11.5. The smallest absolute Gasteiger partial charge is 0.264 e. The molecule has 0 aromatic heterocycles. The van der Waals surface area contributed by atoms with Gasteiger partial charge in [-0.3, -0.25) is 9.10 Å². The molecule has 0 aliphatic carbocycles. The second kappa shape index (κ2) is 8.49. The molecular formula is C20H22ClFN2O3S.